The zero-order chi connectivity index (χ0) is 8.77. The van der Waals surface area contributed by atoms with Gasteiger partial charge in [0, 0.05) is 0 Å². The largest absolute Gasteiger partial charge is 0.385 e. The first-order valence-corrected chi connectivity index (χ1v) is 6.11. The van der Waals surface area contributed by atoms with Gasteiger partial charge in [0.1, 0.15) is 4.24 Å². The number of rotatable bonds is 0. The van der Waals surface area contributed by atoms with Gasteiger partial charge in [-0.1, -0.05) is 11.8 Å². The minimum atomic E-state index is -3.05. The van der Waals surface area contributed by atoms with Crippen LogP contribution in [0.4, 0.5) is 0 Å². The smallest absolute Gasteiger partial charge is 0.185 e. The summed E-state index contributed by atoms with van der Waals surface area (Å²) in [4.78, 5) is 0. The van der Waals surface area contributed by atoms with Gasteiger partial charge in [0.25, 0.3) is 0 Å². The van der Waals surface area contributed by atoms with Crippen molar-refractivity contribution in [2.24, 2.45) is 0 Å². The number of hydrogen-bond donors (Lipinski definition) is 1. The van der Waals surface area contributed by atoms with E-state index >= 15 is 0 Å². The molecule has 2 rings (SSSR count). The summed E-state index contributed by atoms with van der Waals surface area (Å²) in [5.74, 6) is 0.156. The molecule has 0 aromatic carbocycles. The standard InChI is InChI=1S/C7H8O3S2/c8-6-1-3-11-7-5(6)2-4-12(7,9)10/h1,3,6,8H,2,4H2. The molecule has 0 fully saturated rings. The summed E-state index contributed by atoms with van der Waals surface area (Å²) >= 11 is 1.20. The highest BCUT2D eigenvalue weighted by Crippen LogP contribution is 2.39. The van der Waals surface area contributed by atoms with E-state index < -0.39 is 15.9 Å². The van der Waals surface area contributed by atoms with Crippen molar-refractivity contribution in [1.29, 1.82) is 0 Å². The average molecular weight is 204 g/mol. The number of aliphatic hydroxyl groups excluding tert-OH is 1. The second kappa shape index (κ2) is 2.61. The summed E-state index contributed by atoms with van der Waals surface area (Å²) in [6.07, 6.45) is 1.42. The predicted molar refractivity (Wildman–Crippen MR) is 48.2 cm³/mol. The molecule has 3 nitrogen and oxygen atoms in total. The lowest BCUT2D eigenvalue weighted by atomic mass is 10.1. The normalized spacial score (nSPS) is 32.2. The van der Waals surface area contributed by atoms with Crippen molar-refractivity contribution >= 4 is 21.6 Å². The quantitative estimate of drug-likeness (QED) is 0.629. The Morgan fingerprint density at radius 1 is 1.58 bits per heavy atom. The van der Waals surface area contributed by atoms with Gasteiger partial charge in [-0.05, 0) is 23.5 Å². The van der Waals surface area contributed by atoms with Crippen LogP contribution in [-0.4, -0.2) is 25.4 Å². The third-order valence-corrected chi connectivity index (χ3v) is 5.37. The Balaban J connectivity index is 2.49. The van der Waals surface area contributed by atoms with E-state index in [1.807, 2.05) is 0 Å². The van der Waals surface area contributed by atoms with E-state index in [1.54, 1.807) is 11.5 Å². The van der Waals surface area contributed by atoms with Crippen molar-refractivity contribution in [3.8, 4) is 0 Å². The van der Waals surface area contributed by atoms with Crippen LogP contribution in [0.1, 0.15) is 6.42 Å². The molecular formula is C7H8O3S2. The molecule has 0 bridgehead atoms. The number of sulfone groups is 1. The Labute approximate surface area is 75.1 Å². The minimum Gasteiger partial charge on any atom is -0.385 e. The Morgan fingerprint density at radius 3 is 3.00 bits per heavy atom. The molecule has 2 heterocycles. The Bertz CT molecular complexity index is 364. The highest BCUT2D eigenvalue weighted by Gasteiger charge is 2.33. The zero-order valence-corrected chi connectivity index (χ0v) is 7.86. The summed E-state index contributed by atoms with van der Waals surface area (Å²) in [5.41, 5.74) is 0.669. The van der Waals surface area contributed by atoms with Crippen LogP contribution in [0, 0.1) is 0 Å². The molecule has 1 atom stereocenters. The van der Waals surface area contributed by atoms with Crippen LogP contribution in [0.25, 0.3) is 0 Å². The Kier molecular flexibility index (Phi) is 1.82. The molecule has 0 saturated heterocycles. The summed E-state index contributed by atoms with van der Waals surface area (Å²) in [6, 6.07) is 0. The molecule has 1 N–H and O–H groups in total. The van der Waals surface area contributed by atoms with Gasteiger partial charge >= 0.3 is 0 Å². The van der Waals surface area contributed by atoms with Crippen molar-refractivity contribution in [2.75, 3.05) is 5.75 Å². The number of thioether (sulfide) groups is 1. The van der Waals surface area contributed by atoms with E-state index in [9.17, 15) is 13.5 Å². The van der Waals surface area contributed by atoms with E-state index in [-0.39, 0.29) is 5.75 Å². The molecule has 0 aliphatic carbocycles. The lowest BCUT2D eigenvalue weighted by Crippen LogP contribution is -2.08. The van der Waals surface area contributed by atoms with Crippen LogP contribution >= 0.6 is 11.8 Å². The van der Waals surface area contributed by atoms with E-state index in [2.05, 4.69) is 0 Å². The molecule has 0 aromatic rings. The third kappa shape index (κ3) is 1.12. The van der Waals surface area contributed by atoms with Gasteiger partial charge in [-0.3, -0.25) is 0 Å². The molecule has 0 amide bonds. The van der Waals surface area contributed by atoms with Crippen molar-refractivity contribution in [1.82, 2.24) is 0 Å². The lowest BCUT2D eigenvalue weighted by molar-refractivity contribution is 0.256. The number of hydrogen-bond acceptors (Lipinski definition) is 4. The minimum absolute atomic E-state index is 0.156. The van der Waals surface area contributed by atoms with Crippen LogP contribution < -0.4 is 0 Å². The van der Waals surface area contributed by atoms with E-state index in [4.69, 9.17) is 0 Å². The molecule has 0 saturated carbocycles. The Hall–Kier alpha value is -0.260. The molecule has 1 unspecified atom stereocenters. The SMILES string of the molecule is O=S1(=O)CCC2=C1SC=CC2O. The molecule has 0 radical (unpaired) electrons. The van der Waals surface area contributed by atoms with Crippen molar-refractivity contribution in [2.45, 2.75) is 12.5 Å². The van der Waals surface area contributed by atoms with Crippen LogP contribution in [0.5, 0.6) is 0 Å². The van der Waals surface area contributed by atoms with Gasteiger partial charge < -0.3 is 5.11 Å². The fraction of sp³-hybridized carbons (Fsp3) is 0.429. The maximum absolute atomic E-state index is 11.3. The first-order valence-electron chi connectivity index (χ1n) is 3.58. The summed E-state index contributed by atoms with van der Waals surface area (Å²) in [6.45, 7) is 0. The molecule has 5 heteroatoms. The first kappa shape index (κ1) is 8.34. The van der Waals surface area contributed by atoms with Crippen molar-refractivity contribution in [3.63, 3.8) is 0 Å². The highest BCUT2D eigenvalue weighted by atomic mass is 32.3. The van der Waals surface area contributed by atoms with Crippen LogP contribution in [0.3, 0.4) is 0 Å². The molecular weight excluding hydrogens is 196 g/mol. The van der Waals surface area contributed by atoms with E-state index in [0.717, 1.165) is 0 Å². The van der Waals surface area contributed by atoms with Gasteiger partial charge in [0.2, 0.25) is 0 Å². The monoisotopic (exact) mass is 204 g/mol. The number of aliphatic hydroxyl groups is 1. The average Bonchev–Trinajstić information content (AvgIpc) is 2.30. The fourth-order valence-corrected chi connectivity index (χ4v) is 4.37. The van der Waals surface area contributed by atoms with Crippen LogP contribution in [0.15, 0.2) is 21.3 Å². The lowest BCUT2D eigenvalue weighted by Gasteiger charge is -2.12. The fourth-order valence-electron chi connectivity index (χ4n) is 1.35. The predicted octanol–water partition coefficient (Wildman–Crippen LogP) is 0.638. The summed E-state index contributed by atoms with van der Waals surface area (Å²) < 4.78 is 23.0. The topological polar surface area (TPSA) is 54.4 Å². The molecule has 0 spiro atoms. The van der Waals surface area contributed by atoms with Gasteiger partial charge in [-0.25, -0.2) is 8.42 Å². The van der Waals surface area contributed by atoms with E-state index in [1.165, 1.54) is 11.8 Å². The molecule has 2 aliphatic heterocycles. The molecule has 12 heavy (non-hydrogen) atoms. The second-order valence-electron chi connectivity index (χ2n) is 2.77. The van der Waals surface area contributed by atoms with E-state index in [0.29, 0.717) is 16.2 Å². The second-order valence-corrected chi connectivity index (χ2v) is 5.99. The maximum atomic E-state index is 11.3. The highest BCUT2D eigenvalue weighted by molar-refractivity contribution is 8.20. The van der Waals surface area contributed by atoms with Gasteiger partial charge in [-0.15, -0.1) is 0 Å². The Morgan fingerprint density at radius 2 is 2.33 bits per heavy atom. The third-order valence-electron chi connectivity index (χ3n) is 1.98. The van der Waals surface area contributed by atoms with Crippen molar-refractivity contribution < 1.29 is 13.5 Å². The van der Waals surface area contributed by atoms with Crippen LogP contribution in [-0.2, 0) is 9.84 Å². The molecule has 66 valence electrons. The molecule has 0 aromatic heterocycles. The summed E-state index contributed by atoms with van der Waals surface area (Å²) in [5, 5.41) is 11.0. The van der Waals surface area contributed by atoms with Crippen LogP contribution in [0.2, 0.25) is 0 Å². The van der Waals surface area contributed by atoms with Gasteiger partial charge in [0.15, 0.2) is 9.84 Å². The van der Waals surface area contributed by atoms with Gasteiger partial charge in [-0.2, -0.15) is 0 Å². The van der Waals surface area contributed by atoms with Crippen molar-refractivity contribution in [3.05, 3.63) is 21.3 Å². The first-order chi connectivity index (χ1) is 5.61. The van der Waals surface area contributed by atoms with Gasteiger partial charge in [0.05, 0.1) is 11.9 Å². The maximum Gasteiger partial charge on any atom is 0.185 e. The summed E-state index contributed by atoms with van der Waals surface area (Å²) in [7, 11) is -3.05. The zero-order valence-electron chi connectivity index (χ0n) is 6.23. The molecule has 2 aliphatic rings.